The number of urea groups is 1. The van der Waals surface area contributed by atoms with Crippen LogP contribution in [0.3, 0.4) is 0 Å². The van der Waals surface area contributed by atoms with Gasteiger partial charge in [-0.3, -0.25) is 0 Å². The molecular formula is C18H21ClN2O3. The molecule has 0 saturated carbocycles. The Morgan fingerprint density at radius 3 is 2.58 bits per heavy atom. The zero-order chi connectivity index (χ0) is 17.4. The number of ether oxygens (including phenoxy) is 1. The van der Waals surface area contributed by atoms with Gasteiger partial charge in [0.15, 0.2) is 0 Å². The highest BCUT2D eigenvalue weighted by Gasteiger charge is 2.08. The monoisotopic (exact) mass is 348 g/mol. The second kappa shape index (κ2) is 9.27. The van der Waals surface area contributed by atoms with Gasteiger partial charge in [-0.2, -0.15) is 0 Å². The molecule has 0 radical (unpaired) electrons. The second-order valence-corrected chi connectivity index (χ2v) is 5.77. The summed E-state index contributed by atoms with van der Waals surface area (Å²) in [5, 5.41) is 15.6. The number of methoxy groups -OCH3 is 1. The predicted molar refractivity (Wildman–Crippen MR) is 95.0 cm³/mol. The highest BCUT2D eigenvalue weighted by atomic mass is 35.5. The number of hydrogen-bond donors (Lipinski definition) is 3. The lowest BCUT2D eigenvalue weighted by atomic mass is 10.00. The van der Waals surface area contributed by atoms with Crippen LogP contribution in [0.5, 0.6) is 0 Å². The Balaban J connectivity index is 1.96. The van der Waals surface area contributed by atoms with Gasteiger partial charge in [0, 0.05) is 25.2 Å². The third-order valence-electron chi connectivity index (χ3n) is 3.47. The summed E-state index contributed by atoms with van der Waals surface area (Å²) in [6.45, 7) is 0.698. The number of hydrogen-bond acceptors (Lipinski definition) is 3. The van der Waals surface area contributed by atoms with Crippen LogP contribution in [-0.4, -0.2) is 37.5 Å². The maximum atomic E-state index is 11.8. The molecule has 2 rings (SSSR count). The first-order valence-corrected chi connectivity index (χ1v) is 8.00. The molecule has 6 heteroatoms. The van der Waals surface area contributed by atoms with Crippen molar-refractivity contribution in [2.24, 2.45) is 0 Å². The quantitative estimate of drug-likeness (QED) is 0.720. The van der Waals surface area contributed by atoms with E-state index in [0.29, 0.717) is 11.6 Å². The molecule has 0 aromatic heterocycles. The molecule has 0 aliphatic heterocycles. The van der Waals surface area contributed by atoms with Crippen molar-refractivity contribution in [3.63, 3.8) is 0 Å². The summed E-state index contributed by atoms with van der Waals surface area (Å²) in [7, 11) is 1.50. The third-order valence-corrected chi connectivity index (χ3v) is 3.72. The van der Waals surface area contributed by atoms with E-state index in [1.165, 1.54) is 7.11 Å². The number of aliphatic hydroxyl groups excluding tert-OH is 1. The molecule has 0 aliphatic rings. The van der Waals surface area contributed by atoms with Crippen LogP contribution in [0.1, 0.15) is 5.56 Å². The van der Waals surface area contributed by atoms with Crippen LogP contribution < -0.4 is 10.6 Å². The van der Waals surface area contributed by atoms with Crippen molar-refractivity contribution in [2.45, 2.75) is 12.6 Å². The lowest BCUT2D eigenvalue weighted by Gasteiger charge is -2.13. The van der Waals surface area contributed by atoms with Gasteiger partial charge in [0.1, 0.15) is 0 Å². The molecule has 1 atom stereocenters. The Hall–Kier alpha value is -2.08. The highest BCUT2D eigenvalue weighted by Crippen LogP contribution is 2.25. The van der Waals surface area contributed by atoms with Crippen LogP contribution >= 0.6 is 11.6 Å². The molecule has 2 amide bonds. The minimum Gasteiger partial charge on any atom is -0.389 e. The Bertz CT molecular complexity index is 662. The molecule has 24 heavy (non-hydrogen) atoms. The molecule has 0 aliphatic carbocycles. The summed E-state index contributed by atoms with van der Waals surface area (Å²) in [4.78, 5) is 11.8. The number of nitrogens with one attached hydrogen (secondary N) is 2. The van der Waals surface area contributed by atoms with Gasteiger partial charge >= 0.3 is 6.03 Å². The molecule has 0 bridgehead atoms. The van der Waals surface area contributed by atoms with Crippen molar-refractivity contribution in [3.05, 3.63) is 59.1 Å². The predicted octanol–water partition coefficient (Wildman–Crippen LogP) is 2.81. The molecule has 0 spiro atoms. The molecule has 5 nitrogen and oxygen atoms in total. The van der Waals surface area contributed by atoms with Crippen LogP contribution in [0, 0.1) is 0 Å². The van der Waals surface area contributed by atoms with Gasteiger partial charge in [0.25, 0.3) is 0 Å². The Labute approximate surface area is 146 Å². The van der Waals surface area contributed by atoms with Crippen molar-refractivity contribution in [1.29, 1.82) is 0 Å². The van der Waals surface area contributed by atoms with Crippen LogP contribution in [0.2, 0.25) is 5.02 Å². The average molecular weight is 349 g/mol. The number of amides is 2. The van der Waals surface area contributed by atoms with Crippen molar-refractivity contribution >= 4 is 17.6 Å². The molecule has 3 N–H and O–H groups in total. The smallest absolute Gasteiger partial charge is 0.315 e. The van der Waals surface area contributed by atoms with Gasteiger partial charge in [0.2, 0.25) is 0 Å². The molecule has 2 aromatic carbocycles. The Morgan fingerprint density at radius 1 is 1.17 bits per heavy atom. The van der Waals surface area contributed by atoms with Crippen LogP contribution in [0.25, 0.3) is 11.1 Å². The first-order valence-electron chi connectivity index (χ1n) is 7.62. The Morgan fingerprint density at radius 2 is 1.88 bits per heavy atom. The fourth-order valence-electron chi connectivity index (χ4n) is 2.29. The molecule has 0 fully saturated rings. The van der Waals surface area contributed by atoms with Gasteiger partial charge in [-0.05, 0) is 28.8 Å². The third kappa shape index (κ3) is 5.53. The SMILES string of the molecule is COCC(O)CNC(=O)NCc1ccccc1-c1ccc(Cl)cc1. The molecule has 0 heterocycles. The largest absolute Gasteiger partial charge is 0.389 e. The minimum absolute atomic E-state index is 0.137. The van der Waals surface area contributed by atoms with Gasteiger partial charge in [-0.15, -0.1) is 0 Å². The number of halogens is 1. The standard InChI is InChI=1S/C18H21ClN2O3/c1-24-12-16(22)11-21-18(23)20-10-14-4-2-3-5-17(14)13-6-8-15(19)9-7-13/h2-9,16,22H,10-12H2,1H3,(H2,20,21,23). The number of carbonyl (C=O) groups excluding carboxylic acids is 1. The zero-order valence-electron chi connectivity index (χ0n) is 13.5. The summed E-state index contributed by atoms with van der Waals surface area (Å²) >= 11 is 5.93. The van der Waals surface area contributed by atoms with E-state index in [2.05, 4.69) is 10.6 Å². The van der Waals surface area contributed by atoms with Gasteiger partial charge in [-0.1, -0.05) is 48.0 Å². The number of benzene rings is 2. The topological polar surface area (TPSA) is 70.6 Å². The highest BCUT2D eigenvalue weighted by molar-refractivity contribution is 6.30. The van der Waals surface area contributed by atoms with E-state index in [9.17, 15) is 9.90 Å². The number of rotatable bonds is 7. The zero-order valence-corrected chi connectivity index (χ0v) is 14.2. The normalized spacial score (nSPS) is 11.8. The summed E-state index contributed by atoms with van der Waals surface area (Å²) in [6, 6.07) is 15.1. The molecule has 1 unspecified atom stereocenters. The fourth-order valence-corrected chi connectivity index (χ4v) is 2.41. The summed E-state index contributed by atoms with van der Waals surface area (Å²) < 4.78 is 4.81. The maximum Gasteiger partial charge on any atom is 0.315 e. The van der Waals surface area contributed by atoms with E-state index < -0.39 is 6.10 Å². The van der Waals surface area contributed by atoms with Crippen LogP contribution in [0.4, 0.5) is 4.79 Å². The average Bonchev–Trinajstić information content (AvgIpc) is 2.59. The number of carbonyl (C=O) groups is 1. The van der Waals surface area contributed by atoms with Gasteiger partial charge < -0.3 is 20.5 Å². The lowest BCUT2D eigenvalue weighted by Crippen LogP contribution is -2.40. The van der Waals surface area contributed by atoms with E-state index in [1.807, 2.05) is 48.5 Å². The summed E-state index contributed by atoms with van der Waals surface area (Å²) in [6.07, 6.45) is -0.720. The molecule has 2 aromatic rings. The molecule has 128 valence electrons. The van der Waals surface area contributed by atoms with Crippen molar-refractivity contribution in [1.82, 2.24) is 10.6 Å². The summed E-state index contributed by atoms with van der Waals surface area (Å²) in [5.41, 5.74) is 3.06. The van der Waals surface area contributed by atoms with E-state index in [-0.39, 0.29) is 19.2 Å². The minimum atomic E-state index is -0.720. The molecular weight excluding hydrogens is 328 g/mol. The fraction of sp³-hybridized carbons (Fsp3) is 0.278. The van der Waals surface area contributed by atoms with E-state index in [0.717, 1.165) is 16.7 Å². The van der Waals surface area contributed by atoms with Crippen molar-refractivity contribution in [3.8, 4) is 11.1 Å². The van der Waals surface area contributed by atoms with Gasteiger partial charge in [0.05, 0.1) is 12.7 Å². The van der Waals surface area contributed by atoms with Crippen LogP contribution in [-0.2, 0) is 11.3 Å². The first kappa shape index (κ1) is 18.3. The summed E-state index contributed by atoms with van der Waals surface area (Å²) in [5.74, 6) is 0. The van der Waals surface area contributed by atoms with E-state index in [1.54, 1.807) is 0 Å². The van der Waals surface area contributed by atoms with Crippen LogP contribution in [0.15, 0.2) is 48.5 Å². The first-order chi connectivity index (χ1) is 11.6. The van der Waals surface area contributed by atoms with E-state index >= 15 is 0 Å². The van der Waals surface area contributed by atoms with Crippen molar-refractivity contribution in [2.75, 3.05) is 20.3 Å². The number of aliphatic hydroxyl groups is 1. The second-order valence-electron chi connectivity index (χ2n) is 5.34. The molecule has 0 saturated heterocycles. The lowest BCUT2D eigenvalue weighted by molar-refractivity contribution is 0.0660. The van der Waals surface area contributed by atoms with Crippen molar-refractivity contribution < 1.29 is 14.6 Å². The van der Waals surface area contributed by atoms with E-state index in [4.69, 9.17) is 16.3 Å². The van der Waals surface area contributed by atoms with Gasteiger partial charge in [-0.25, -0.2) is 4.79 Å². The Kier molecular flexibility index (Phi) is 7.06. The maximum absolute atomic E-state index is 11.8.